The fraction of sp³-hybridized carbons (Fsp3) is 1.00. The molecule has 0 amide bonds. The molecule has 0 aliphatic carbocycles. The molecule has 0 fully saturated rings. The Bertz CT molecular complexity index is 107. The van der Waals surface area contributed by atoms with E-state index in [1.165, 1.54) is 6.42 Å². The van der Waals surface area contributed by atoms with Gasteiger partial charge in [-0.3, -0.25) is 0 Å². The third-order valence-corrected chi connectivity index (χ3v) is 1.97. The van der Waals surface area contributed by atoms with Gasteiger partial charge in [-0.25, -0.2) is 0 Å². The molecule has 0 aliphatic rings. The first-order valence-electron chi connectivity index (χ1n) is 5.13. The largest absolute Gasteiger partial charge is 0.379 e. The van der Waals surface area contributed by atoms with Gasteiger partial charge in [0.1, 0.15) is 0 Å². The van der Waals surface area contributed by atoms with Gasteiger partial charge >= 0.3 is 0 Å². The van der Waals surface area contributed by atoms with Crippen LogP contribution in [0.25, 0.3) is 0 Å². The van der Waals surface area contributed by atoms with Crippen molar-refractivity contribution in [2.45, 2.75) is 20.3 Å². The predicted octanol–water partition coefficient (Wildman–Crippen LogP) is 0.940. The Kier molecular flexibility index (Phi) is 8.40. The molecule has 0 unspecified atom stereocenters. The second-order valence-corrected chi connectivity index (χ2v) is 3.89. The molecule has 0 aliphatic heterocycles. The van der Waals surface area contributed by atoms with Gasteiger partial charge in [-0.1, -0.05) is 13.8 Å². The van der Waals surface area contributed by atoms with Gasteiger partial charge in [0.05, 0.1) is 13.2 Å². The van der Waals surface area contributed by atoms with Crippen molar-refractivity contribution in [1.29, 1.82) is 0 Å². The molecular formula is C10H24N2O. The van der Waals surface area contributed by atoms with E-state index in [1.807, 2.05) is 0 Å². The number of hydrogen-bond donors (Lipinski definition) is 1. The van der Waals surface area contributed by atoms with E-state index in [0.29, 0.717) is 13.2 Å². The number of likely N-dealkylation sites (N-methyl/N-ethyl adjacent to an activating group) is 1. The van der Waals surface area contributed by atoms with E-state index in [4.69, 9.17) is 10.5 Å². The zero-order valence-electron chi connectivity index (χ0n) is 9.25. The maximum atomic E-state index is 5.31. The number of hydrogen-bond acceptors (Lipinski definition) is 3. The summed E-state index contributed by atoms with van der Waals surface area (Å²) in [5.41, 5.74) is 5.31. The van der Waals surface area contributed by atoms with Crippen LogP contribution in [0.1, 0.15) is 20.3 Å². The summed E-state index contributed by atoms with van der Waals surface area (Å²) in [5, 5.41) is 0. The minimum Gasteiger partial charge on any atom is -0.379 e. The van der Waals surface area contributed by atoms with Crippen LogP contribution in [0, 0.1) is 5.92 Å². The average Bonchev–Trinajstić information content (AvgIpc) is 2.09. The standard InChI is InChI=1S/C10H24N2O/c1-10(2)4-6-12(3)7-9-13-8-5-11/h10H,4-9,11H2,1-3H3. The van der Waals surface area contributed by atoms with Crippen LogP contribution in [0.5, 0.6) is 0 Å². The lowest BCUT2D eigenvalue weighted by Gasteiger charge is -2.17. The highest BCUT2D eigenvalue weighted by Gasteiger charge is 1.99. The van der Waals surface area contributed by atoms with Crippen LogP contribution < -0.4 is 5.73 Å². The Morgan fingerprint density at radius 3 is 2.46 bits per heavy atom. The van der Waals surface area contributed by atoms with E-state index >= 15 is 0 Å². The van der Waals surface area contributed by atoms with Crippen molar-refractivity contribution in [3.05, 3.63) is 0 Å². The van der Waals surface area contributed by atoms with Crippen molar-refractivity contribution in [2.75, 3.05) is 39.9 Å². The highest BCUT2D eigenvalue weighted by Crippen LogP contribution is 1.99. The monoisotopic (exact) mass is 188 g/mol. The lowest BCUT2D eigenvalue weighted by molar-refractivity contribution is 0.116. The van der Waals surface area contributed by atoms with Gasteiger partial charge in [0.2, 0.25) is 0 Å². The summed E-state index contributed by atoms with van der Waals surface area (Å²) >= 11 is 0. The van der Waals surface area contributed by atoms with Gasteiger partial charge in [-0.15, -0.1) is 0 Å². The van der Waals surface area contributed by atoms with Crippen molar-refractivity contribution < 1.29 is 4.74 Å². The van der Waals surface area contributed by atoms with Crippen LogP contribution >= 0.6 is 0 Å². The van der Waals surface area contributed by atoms with E-state index in [1.54, 1.807) is 0 Å². The predicted molar refractivity (Wildman–Crippen MR) is 56.8 cm³/mol. The second-order valence-electron chi connectivity index (χ2n) is 3.89. The summed E-state index contributed by atoms with van der Waals surface area (Å²) < 4.78 is 5.29. The minimum absolute atomic E-state index is 0.621. The van der Waals surface area contributed by atoms with Gasteiger partial charge in [-0.05, 0) is 25.9 Å². The topological polar surface area (TPSA) is 38.5 Å². The molecule has 3 heteroatoms. The smallest absolute Gasteiger partial charge is 0.0593 e. The fourth-order valence-electron chi connectivity index (χ4n) is 0.996. The Morgan fingerprint density at radius 2 is 1.92 bits per heavy atom. The van der Waals surface area contributed by atoms with Gasteiger partial charge in [-0.2, -0.15) is 0 Å². The third-order valence-electron chi connectivity index (χ3n) is 1.97. The van der Waals surface area contributed by atoms with Crippen molar-refractivity contribution in [1.82, 2.24) is 4.90 Å². The Morgan fingerprint density at radius 1 is 1.23 bits per heavy atom. The van der Waals surface area contributed by atoms with E-state index in [-0.39, 0.29) is 0 Å². The van der Waals surface area contributed by atoms with Gasteiger partial charge in [0, 0.05) is 13.1 Å². The normalized spacial score (nSPS) is 11.5. The molecule has 0 aromatic carbocycles. The van der Waals surface area contributed by atoms with Crippen LogP contribution in [0.15, 0.2) is 0 Å². The van der Waals surface area contributed by atoms with Crippen LogP contribution in [0.3, 0.4) is 0 Å². The molecule has 0 rings (SSSR count). The first kappa shape index (κ1) is 12.9. The van der Waals surface area contributed by atoms with E-state index in [9.17, 15) is 0 Å². The van der Waals surface area contributed by atoms with Crippen LogP contribution in [-0.2, 0) is 4.74 Å². The molecule has 0 saturated heterocycles. The molecule has 2 N–H and O–H groups in total. The fourth-order valence-corrected chi connectivity index (χ4v) is 0.996. The van der Waals surface area contributed by atoms with Gasteiger partial charge in [0.25, 0.3) is 0 Å². The zero-order chi connectivity index (χ0) is 10.1. The molecule has 80 valence electrons. The van der Waals surface area contributed by atoms with E-state index < -0.39 is 0 Å². The number of ether oxygens (including phenoxy) is 1. The van der Waals surface area contributed by atoms with Gasteiger partial charge < -0.3 is 15.4 Å². The summed E-state index contributed by atoms with van der Waals surface area (Å²) in [6.45, 7) is 8.76. The number of nitrogens with two attached hydrogens (primary N) is 1. The first-order valence-corrected chi connectivity index (χ1v) is 5.13. The third kappa shape index (κ3) is 9.80. The average molecular weight is 188 g/mol. The summed E-state index contributed by atoms with van der Waals surface area (Å²) in [5.74, 6) is 0.785. The van der Waals surface area contributed by atoms with Crippen molar-refractivity contribution in [3.63, 3.8) is 0 Å². The lowest BCUT2D eigenvalue weighted by atomic mass is 10.1. The molecular weight excluding hydrogens is 164 g/mol. The summed E-state index contributed by atoms with van der Waals surface area (Å²) in [6.07, 6.45) is 1.26. The first-order chi connectivity index (χ1) is 6.16. The minimum atomic E-state index is 0.621. The zero-order valence-corrected chi connectivity index (χ0v) is 9.25. The maximum absolute atomic E-state index is 5.31. The van der Waals surface area contributed by atoms with Gasteiger partial charge in [0.15, 0.2) is 0 Å². The molecule has 0 saturated carbocycles. The molecule has 13 heavy (non-hydrogen) atoms. The Labute approximate surface area is 82.2 Å². The molecule has 0 bridgehead atoms. The molecule has 0 aromatic heterocycles. The summed E-state index contributed by atoms with van der Waals surface area (Å²) in [4.78, 5) is 2.30. The summed E-state index contributed by atoms with van der Waals surface area (Å²) in [7, 11) is 2.13. The number of rotatable bonds is 8. The highest BCUT2D eigenvalue weighted by atomic mass is 16.5. The Hall–Kier alpha value is -0.120. The van der Waals surface area contributed by atoms with E-state index in [2.05, 4.69) is 25.8 Å². The molecule has 0 aromatic rings. The SMILES string of the molecule is CC(C)CCN(C)CCOCCN. The van der Waals surface area contributed by atoms with Crippen LogP contribution in [-0.4, -0.2) is 44.8 Å². The van der Waals surface area contributed by atoms with Crippen molar-refractivity contribution >= 4 is 0 Å². The highest BCUT2D eigenvalue weighted by molar-refractivity contribution is 4.53. The maximum Gasteiger partial charge on any atom is 0.0593 e. The van der Waals surface area contributed by atoms with Crippen LogP contribution in [0.2, 0.25) is 0 Å². The summed E-state index contributed by atoms with van der Waals surface area (Å²) in [6, 6.07) is 0. The molecule has 0 heterocycles. The second kappa shape index (κ2) is 8.48. The molecule has 3 nitrogen and oxygen atoms in total. The van der Waals surface area contributed by atoms with E-state index in [0.717, 1.165) is 25.6 Å². The quantitative estimate of drug-likeness (QED) is 0.576. The number of nitrogens with zero attached hydrogens (tertiary/aromatic N) is 1. The molecule has 0 spiro atoms. The molecule has 0 radical (unpaired) electrons. The Balaban J connectivity index is 3.15. The van der Waals surface area contributed by atoms with Crippen LogP contribution in [0.4, 0.5) is 0 Å². The lowest BCUT2D eigenvalue weighted by Crippen LogP contribution is -2.26. The van der Waals surface area contributed by atoms with Crippen molar-refractivity contribution in [2.24, 2.45) is 11.7 Å². The molecule has 0 atom stereocenters. The van der Waals surface area contributed by atoms with Crippen molar-refractivity contribution in [3.8, 4) is 0 Å².